The molecule has 1 saturated carbocycles. The minimum atomic E-state index is -3.29. The zero-order valence-electron chi connectivity index (χ0n) is 12.3. The van der Waals surface area contributed by atoms with E-state index >= 15 is 0 Å². The van der Waals surface area contributed by atoms with E-state index < -0.39 is 10.0 Å². The van der Waals surface area contributed by atoms with Gasteiger partial charge < -0.3 is 5.32 Å². The molecule has 4 nitrogen and oxygen atoms in total. The molecule has 114 valence electrons. The third-order valence-corrected chi connectivity index (χ3v) is 6.96. The maximum Gasteiger partial charge on any atom is 0.252 e. The maximum absolute atomic E-state index is 12.6. The van der Waals surface area contributed by atoms with E-state index in [9.17, 15) is 8.42 Å². The average Bonchev–Trinajstić information content (AvgIpc) is 3.12. The summed E-state index contributed by atoms with van der Waals surface area (Å²) in [6.45, 7) is 6.98. The van der Waals surface area contributed by atoms with Crippen LogP contribution in [-0.4, -0.2) is 32.4 Å². The Kier molecular flexibility index (Phi) is 5.60. The highest BCUT2D eigenvalue weighted by molar-refractivity contribution is 7.91. The van der Waals surface area contributed by atoms with Crippen molar-refractivity contribution < 1.29 is 8.42 Å². The van der Waals surface area contributed by atoms with Gasteiger partial charge in [0.1, 0.15) is 4.21 Å². The van der Waals surface area contributed by atoms with Crippen LogP contribution in [0.5, 0.6) is 0 Å². The molecule has 0 radical (unpaired) electrons. The molecule has 0 amide bonds. The Morgan fingerprint density at radius 1 is 1.35 bits per heavy atom. The first-order valence-electron chi connectivity index (χ1n) is 7.37. The SMILES string of the molecule is CCCNCc1ccc(S(=O)(=O)N(CC)CC2CC2)s1. The fraction of sp³-hybridized carbons (Fsp3) is 0.714. The van der Waals surface area contributed by atoms with Gasteiger partial charge in [0.2, 0.25) is 0 Å². The molecule has 0 saturated heterocycles. The minimum absolute atomic E-state index is 0.480. The summed E-state index contributed by atoms with van der Waals surface area (Å²) < 4.78 is 27.3. The molecule has 1 aliphatic carbocycles. The van der Waals surface area contributed by atoms with Crippen LogP contribution in [-0.2, 0) is 16.6 Å². The Hall–Kier alpha value is -0.430. The predicted octanol–water partition coefficient (Wildman–Crippen LogP) is 2.67. The summed E-state index contributed by atoms with van der Waals surface area (Å²) in [5, 5.41) is 3.30. The lowest BCUT2D eigenvalue weighted by atomic mass is 10.4. The lowest BCUT2D eigenvalue weighted by Gasteiger charge is -2.19. The van der Waals surface area contributed by atoms with Crippen LogP contribution in [0, 0.1) is 5.92 Å². The first-order chi connectivity index (χ1) is 9.57. The Balaban J connectivity index is 2.03. The van der Waals surface area contributed by atoms with Crippen molar-refractivity contribution in [3.05, 3.63) is 17.0 Å². The molecule has 1 aromatic rings. The molecule has 0 aromatic carbocycles. The Morgan fingerprint density at radius 3 is 2.70 bits per heavy atom. The van der Waals surface area contributed by atoms with Crippen molar-refractivity contribution in [2.24, 2.45) is 5.92 Å². The topological polar surface area (TPSA) is 49.4 Å². The van der Waals surface area contributed by atoms with Crippen molar-refractivity contribution in [3.63, 3.8) is 0 Å². The van der Waals surface area contributed by atoms with Gasteiger partial charge in [-0.05, 0) is 43.9 Å². The van der Waals surface area contributed by atoms with Crippen LogP contribution in [0.15, 0.2) is 16.3 Å². The first-order valence-corrected chi connectivity index (χ1v) is 9.63. The van der Waals surface area contributed by atoms with Gasteiger partial charge in [0, 0.05) is 24.5 Å². The van der Waals surface area contributed by atoms with Crippen molar-refractivity contribution in [2.45, 2.75) is 43.9 Å². The molecule has 0 spiro atoms. The molecule has 6 heteroatoms. The second kappa shape index (κ2) is 7.02. The van der Waals surface area contributed by atoms with Crippen molar-refractivity contribution in [1.29, 1.82) is 0 Å². The number of thiophene rings is 1. The van der Waals surface area contributed by atoms with Gasteiger partial charge in [0.05, 0.1) is 0 Å². The van der Waals surface area contributed by atoms with Crippen molar-refractivity contribution >= 4 is 21.4 Å². The highest BCUT2D eigenvalue weighted by Gasteiger charge is 2.31. The summed E-state index contributed by atoms with van der Waals surface area (Å²) in [6.07, 6.45) is 3.42. The third-order valence-electron chi connectivity index (χ3n) is 3.47. The van der Waals surface area contributed by atoms with Gasteiger partial charge in [0.25, 0.3) is 10.0 Å². The number of sulfonamides is 1. The molecule has 1 fully saturated rings. The van der Waals surface area contributed by atoms with Crippen molar-refractivity contribution in [3.8, 4) is 0 Å². The lowest BCUT2D eigenvalue weighted by molar-refractivity contribution is 0.413. The smallest absolute Gasteiger partial charge is 0.252 e. The highest BCUT2D eigenvalue weighted by Crippen LogP contribution is 2.32. The molecule has 20 heavy (non-hydrogen) atoms. The van der Waals surface area contributed by atoms with Gasteiger partial charge in [-0.25, -0.2) is 8.42 Å². The van der Waals surface area contributed by atoms with Crippen LogP contribution < -0.4 is 5.32 Å². The monoisotopic (exact) mass is 316 g/mol. The van der Waals surface area contributed by atoms with Gasteiger partial charge in [-0.3, -0.25) is 0 Å². The van der Waals surface area contributed by atoms with Crippen LogP contribution in [0.1, 0.15) is 38.0 Å². The van der Waals surface area contributed by atoms with E-state index in [1.807, 2.05) is 13.0 Å². The van der Waals surface area contributed by atoms with Crippen LogP contribution >= 0.6 is 11.3 Å². The molecular formula is C14H24N2O2S2. The normalized spacial score (nSPS) is 15.9. The molecule has 0 unspecified atom stereocenters. The van der Waals surface area contributed by atoms with E-state index in [0.29, 0.717) is 23.2 Å². The standard InChI is InChI=1S/C14H24N2O2S2/c1-3-9-15-10-13-7-8-14(19-13)20(17,18)16(4-2)11-12-5-6-12/h7-8,12,15H,3-6,9-11H2,1-2H3. The molecular weight excluding hydrogens is 292 g/mol. The minimum Gasteiger partial charge on any atom is -0.312 e. The average molecular weight is 316 g/mol. The van der Waals surface area contributed by atoms with E-state index in [2.05, 4.69) is 12.2 Å². The molecule has 1 aromatic heterocycles. The highest BCUT2D eigenvalue weighted by atomic mass is 32.2. The third kappa shape index (κ3) is 4.04. The van der Waals surface area contributed by atoms with E-state index in [1.54, 1.807) is 10.4 Å². The molecule has 1 N–H and O–H groups in total. The number of hydrogen-bond acceptors (Lipinski definition) is 4. The summed E-state index contributed by atoms with van der Waals surface area (Å²) in [5.41, 5.74) is 0. The van der Waals surface area contributed by atoms with Gasteiger partial charge in [-0.2, -0.15) is 4.31 Å². The van der Waals surface area contributed by atoms with Gasteiger partial charge in [-0.1, -0.05) is 13.8 Å². The largest absolute Gasteiger partial charge is 0.312 e. The van der Waals surface area contributed by atoms with Crippen molar-refractivity contribution in [2.75, 3.05) is 19.6 Å². The van der Waals surface area contributed by atoms with Crippen LogP contribution in [0.3, 0.4) is 0 Å². The van der Waals surface area contributed by atoms with E-state index in [1.165, 1.54) is 24.2 Å². The number of rotatable bonds is 9. The second-order valence-electron chi connectivity index (χ2n) is 5.30. The molecule has 0 aliphatic heterocycles. The number of nitrogens with one attached hydrogen (secondary N) is 1. The summed E-state index contributed by atoms with van der Waals surface area (Å²) >= 11 is 1.39. The van der Waals surface area contributed by atoms with E-state index in [-0.39, 0.29) is 0 Å². The fourth-order valence-electron chi connectivity index (χ4n) is 2.09. The first kappa shape index (κ1) is 15.9. The molecule has 1 aliphatic rings. The van der Waals surface area contributed by atoms with Gasteiger partial charge in [0.15, 0.2) is 0 Å². The Bertz CT molecular complexity index is 521. The van der Waals surface area contributed by atoms with Gasteiger partial charge >= 0.3 is 0 Å². The summed E-state index contributed by atoms with van der Waals surface area (Å²) in [7, 11) is -3.29. The quantitative estimate of drug-likeness (QED) is 0.713. The van der Waals surface area contributed by atoms with Crippen LogP contribution in [0.4, 0.5) is 0 Å². The summed E-state index contributed by atoms with van der Waals surface area (Å²) in [5.74, 6) is 0.579. The number of nitrogens with zero attached hydrogens (tertiary/aromatic N) is 1. The zero-order chi connectivity index (χ0) is 14.6. The summed E-state index contributed by atoms with van der Waals surface area (Å²) in [4.78, 5) is 1.08. The maximum atomic E-state index is 12.6. The Morgan fingerprint density at radius 2 is 2.10 bits per heavy atom. The van der Waals surface area contributed by atoms with Crippen molar-refractivity contribution in [1.82, 2.24) is 9.62 Å². The van der Waals surface area contributed by atoms with E-state index in [0.717, 1.165) is 24.4 Å². The zero-order valence-corrected chi connectivity index (χ0v) is 13.9. The molecule has 0 bridgehead atoms. The molecule has 2 rings (SSSR count). The fourth-order valence-corrected chi connectivity index (χ4v) is 5.10. The lowest BCUT2D eigenvalue weighted by Crippen LogP contribution is -2.32. The number of hydrogen-bond donors (Lipinski definition) is 1. The second-order valence-corrected chi connectivity index (χ2v) is 8.63. The van der Waals surface area contributed by atoms with Crippen LogP contribution in [0.25, 0.3) is 0 Å². The van der Waals surface area contributed by atoms with Gasteiger partial charge in [-0.15, -0.1) is 11.3 Å². The predicted molar refractivity (Wildman–Crippen MR) is 83.5 cm³/mol. The Labute approximate surface area is 126 Å². The van der Waals surface area contributed by atoms with E-state index in [4.69, 9.17) is 0 Å². The van der Waals surface area contributed by atoms with Crippen LogP contribution in [0.2, 0.25) is 0 Å². The molecule has 0 atom stereocenters. The summed E-state index contributed by atoms with van der Waals surface area (Å²) in [6, 6.07) is 3.67. The molecule has 1 heterocycles.